The predicted molar refractivity (Wildman–Crippen MR) is 75.9 cm³/mol. The van der Waals surface area contributed by atoms with Crippen molar-refractivity contribution < 1.29 is 13.2 Å². The lowest BCUT2D eigenvalue weighted by Gasteiger charge is -2.21. The first-order valence-electron chi connectivity index (χ1n) is 6.46. The third-order valence-corrected chi connectivity index (χ3v) is 5.50. The summed E-state index contributed by atoms with van der Waals surface area (Å²) < 4.78 is 22.7. The summed E-state index contributed by atoms with van der Waals surface area (Å²) in [6, 6.07) is 5.78. The molecule has 0 radical (unpaired) electrons. The molecule has 1 aliphatic rings. The van der Waals surface area contributed by atoms with Crippen LogP contribution in [0.3, 0.4) is 0 Å². The maximum atomic E-state index is 12.1. The number of anilines is 1. The summed E-state index contributed by atoms with van der Waals surface area (Å²) in [6.45, 7) is 3.97. The number of nitrogens with one attached hydrogen (secondary N) is 1. The number of aryl methyl sites for hydroxylation is 1. The molecule has 2 rings (SSSR count). The zero-order valence-electron chi connectivity index (χ0n) is 11.3. The normalized spacial score (nSPS) is 19.1. The Morgan fingerprint density at radius 2 is 1.84 bits per heavy atom. The molecule has 0 aromatic heterocycles. The van der Waals surface area contributed by atoms with Crippen LogP contribution in [0.2, 0.25) is 0 Å². The fourth-order valence-corrected chi connectivity index (χ4v) is 3.76. The van der Waals surface area contributed by atoms with Crippen LogP contribution in [-0.4, -0.2) is 25.8 Å². The van der Waals surface area contributed by atoms with E-state index in [2.05, 4.69) is 5.32 Å². The molecule has 1 aliphatic heterocycles. The third-order valence-electron chi connectivity index (χ3n) is 3.79. The van der Waals surface area contributed by atoms with Gasteiger partial charge in [0.25, 0.3) is 0 Å². The number of hydrogen-bond acceptors (Lipinski definition) is 3. The van der Waals surface area contributed by atoms with Crippen molar-refractivity contribution >= 4 is 21.4 Å². The van der Waals surface area contributed by atoms with E-state index in [1.807, 2.05) is 32.0 Å². The van der Waals surface area contributed by atoms with Crippen molar-refractivity contribution in [3.8, 4) is 0 Å². The van der Waals surface area contributed by atoms with E-state index < -0.39 is 9.84 Å². The first kappa shape index (κ1) is 14.1. The Kier molecular flexibility index (Phi) is 3.94. The summed E-state index contributed by atoms with van der Waals surface area (Å²) in [7, 11) is -2.92. The molecule has 0 spiro atoms. The van der Waals surface area contributed by atoms with Crippen LogP contribution in [0.15, 0.2) is 18.2 Å². The zero-order chi connectivity index (χ0) is 14.0. The van der Waals surface area contributed by atoms with E-state index in [9.17, 15) is 13.2 Å². The van der Waals surface area contributed by atoms with Crippen LogP contribution < -0.4 is 5.32 Å². The monoisotopic (exact) mass is 281 g/mol. The van der Waals surface area contributed by atoms with Crippen molar-refractivity contribution in [1.29, 1.82) is 0 Å². The molecule has 19 heavy (non-hydrogen) atoms. The van der Waals surface area contributed by atoms with Gasteiger partial charge in [0.05, 0.1) is 11.5 Å². The molecule has 1 fully saturated rings. The van der Waals surface area contributed by atoms with Crippen LogP contribution in [0.1, 0.15) is 24.0 Å². The first-order chi connectivity index (χ1) is 8.89. The molecular formula is C14H19NO3S. The Hall–Kier alpha value is -1.36. The van der Waals surface area contributed by atoms with Crippen molar-refractivity contribution in [2.45, 2.75) is 26.7 Å². The van der Waals surface area contributed by atoms with Crippen molar-refractivity contribution in [2.75, 3.05) is 16.8 Å². The SMILES string of the molecule is Cc1cccc(NC(=O)C2CCS(=O)(=O)CC2)c1C. The fourth-order valence-electron chi connectivity index (χ4n) is 2.27. The van der Waals surface area contributed by atoms with Crippen molar-refractivity contribution in [3.05, 3.63) is 29.3 Å². The lowest BCUT2D eigenvalue weighted by Crippen LogP contribution is -2.32. The lowest BCUT2D eigenvalue weighted by atomic mass is 10.0. The highest BCUT2D eigenvalue weighted by Gasteiger charge is 2.28. The highest BCUT2D eigenvalue weighted by atomic mass is 32.2. The molecule has 0 unspecified atom stereocenters. The third kappa shape index (κ3) is 3.35. The molecule has 4 nitrogen and oxygen atoms in total. The molecule has 0 saturated carbocycles. The standard InChI is InChI=1S/C14H19NO3S/c1-10-4-3-5-13(11(10)2)15-14(16)12-6-8-19(17,18)9-7-12/h3-5,12H,6-9H2,1-2H3,(H,15,16). The van der Waals surface area contributed by atoms with E-state index in [1.165, 1.54) is 0 Å². The molecule has 0 atom stereocenters. The summed E-state index contributed by atoms with van der Waals surface area (Å²) in [5.74, 6) is -0.0116. The fraction of sp³-hybridized carbons (Fsp3) is 0.500. The van der Waals surface area contributed by atoms with Crippen LogP contribution >= 0.6 is 0 Å². The number of carbonyl (C=O) groups is 1. The van der Waals surface area contributed by atoms with Gasteiger partial charge in [-0.3, -0.25) is 4.79 Å². The van der Waals surface area contributed by atoms with Gasteiger partial charge in [0.15, 0.2) is 0 Å². The minimum Gasteiger partial charge on any atom is -0.326 e. The maximum absolute atomic E-state index is 12.1. The van der Waals surface area contributed by atoms with Crippen LogP contribution in [0.5, 0.6) is 0 Å². The van der Waals surface area contributed by atoms with E-state index in [0.717, 1.165) is 16.8 Å². The summed E-state index contributed by atoms with van der Waals surface area (Å²) >= 11 is 0. The van der Waals surface area contributed by atoms with E-state index in [1.54, 1.807) is 0 Å². The van der Waals surface area contributed by atoms with Crippen molar-refractivity contribution in [2.24, 2.45) is 5.92 Å². The maximum Gasteiger partial charge on any atom is 0.227 e. The Bertz CT molecular complexity index is 579. The summed E-state index contributed by atoms with van der Waals surface area (Å²) in [6.07, 6.45) is 0.859. The molecule has 104 valence electrons. The molecule has 1 aromatic carbocycles. The number of hydrogen-bond donors (Lipinski definition) is 1. The molecule has 0 bridgehead atoms. The second-order valence-electron chi connectivity index (χ2n) is 5.16. The van der Waals surface area contributed by atoms with Crippen LogP contribution in [0.4, 0.5) is 5.69 Å². The van der Waals surface area contributed by atoms with E-state index in [0.29, 0.717) is 12.8 Å². The first-order valence-corrected chi connectivity index (χ1v) is 8.29. The van der Waals surface area contributed by atoms with Gasteiger partial charge >= 0.3 is 0 Å². The number of amides is 1. The molecule has 0 aliphatic carbocycles. The molecular weight excluding hydrogens is 262 g/mol. The average molecular weight is 281 g/mol. The lowest BCUT2D eigenvalue weighted by molar-refractivity contribution is -0.120. The van der Waals surface area contributed by atoms with Gasteiger partial charge in [-0.2, -0.15) is 0 Å². The second kappa shape index (κ2) is 5.33. The van der Waals surface area contributed by atoms with Crippen LogP contribution in [0.25, 0.3) is 0 Å². The van der Waals surface area contributed by atoms with Crippen molar-refractivity contribution in [1.82, 2.24) is 0 Å². The smallest absolute Gasteiger partial charge is 0.227 e. The number of rotatable bonds is 2. The number of carbonyl (C=O) groups excluding carboxylic acids is 1. The van der Waals surface area contributed by atoms with Gasteiger partial charge in [0, 0.05) is 11.6 Å². The Balaban J connectivity index is 2.04. The topological polar surface area (TPSA) is 63.2 Å². The highest BCUT2D eigenvalue weighted by molar-refractivity contribution is 7.91. The van der Waals surface area contributed by atoms with Gasteiger partial charge in [0.2, 0.25) is 5.91 Å². The highest BCUT2D eigenvalue weighted by Crippen LogP contribution is 2.23. The van der Waals surface area contributed by atoms with Crippen LogP contribution in [0, 0.1) is 19.8 Å². The van der Waals surface area contributed by atoms with Gasteiger partial charge in [-0.15, -0.1) is 0 Å². The predicted octanol–water partition coefficient (Wildman–Crippen LogP) is 2.07. The summed E-state index contributed by atoms with van der Waals surface area (Å²) in [5, 5.41) is 2.91. The molecule has 1 saturated heterocycles. The largest absolute Gasteiger partial charge is 0.326 e. The van der Waals surface area contributed by atoms with Gasteiger partial charge in [-0.05, 0) is 43.9 Å². The van der Waals surface area contributed by atoms with Gasteiger partial charge < -0.3 is 5.32 Å². The second-order valence-corrected chi connectivity index (χ2v) is 7.47. The minimum atomic E-state index is -2.92. The van der Waals surface area contributed by atoms with Gasteiger partial charge in [0.1, 0.15) is 9.84 Å². The minimum absolute atomic E-state index is 0.0661. The van der Waals surface area contributed by atoms with Crippen LogP contribution in [-0.2, 0) is 14.6 Å². The summed E-state index contributed by atoms with van der Waals surface area (Å²) in [4.78, 5) is 12.1. The Labute approximate surface area is 114 Å². The Morgan fingerprint density at radius 3 is 2.47 bits per heavy atom. The quantitative estimate of drug-likeness (QED) is 0.902. The number of sulfone groups is 1. The van der Waals surface area contributed by atoms with Crippen molar-refractivity contribution in [3.63, 3.8) is 0 Å². The zero-order valence-corrected chi connectivity index (χ0v) is 12.1. The molecule has 1 aromatic rings. The molecule has 5 heteroatoms. The number of benzene rings is 1. The van der Waals surface area contributed by atoms with E-state index in [4.69, 9.17) is 0 Å². The Morgan fingerprint density at radius 1 is 1.21 bits per heavy atom. The van der Waals surface area contributed by atoms with Gasteiger partial charge in [-0.25, -0.2) is 8.42 Å². The van der Waals surface area contributed by atoms with Gasteiger partial charge in [-0.1, -0.05) is 12.1 Å². The molecule has 1 N–H and O–H groups in total. The van der Waals surface area contributed by atoms with E-state index >= 15 is 0 Å². The molecule has 1 heterocycles. The summed E-state index contributed by atoms with van der Waals surface area (Å²) in [5.41, 5.74) is 3.00. The average Bonchev–Trinajstić information content (AvgIpc) is 2.35. The molecule has 1 amide bonds. The van der Waals surface area contributed by atoms with E-state index in [-0.39, 0.29) is 23.3 Å².